The van der Waals surface area contributed by atoms with E-state index in [4.69, 9.17) is 15.4 Å². The maximum absolute atomic E-state index is 11.7. The van der Waals surface area contributed by atoms with E-state index in [9.17, 15) is 23.1 Å². The van der Waals surface area contributed by atoms with Gasteiger partial charge in [-0.05, 0) is 19.3 Å². The minimum atomic E-state index is -4.91. The number of ketones is 1. The summed E-state index contributed by atoms with van der Waals surface area (Å²) in [6.07, 6.45) is 8.61. The molecule has 1 unspecified atom stereocenters. The molecule has 0 aliphatic heterocycles. The van der Waals surface area contributed by atoms with Crippen LogP contribution in [0, 0.1) is 0 Å². The van der Waals surface area contributed by atoms with Crippen LogP contribution in [0.5, 0.6) is 0 Å². The molecule has 0 aromatic heterocycles. The van der Waals surface area contributed by atoms with E-state index < -0.39 is 34.6 Å². The van der Waals surface area contributed by atoms with Gasteiger partial charge in [-0.15, -0.1) is 0 Å². The van der Waals surface area contributed by atoms with Crippen LogP contribution in [-0.2, 0) is 24.2 Å². The Bertz CT molecular complexity index is 581. The minimum absolute atomic E-state index is 0.0423. The summed E-state index contributed by atoms with van der Waals surface area (Å²) < 4.78 is 35.2. The minimum Gasteiger partial charge on any atom is -0.480 e. The number of rotatable bonds is 19. The Morgan fingerprint density at radius 3 is 1.90 bits per heavy atom. The van der Waals surface area contributed by atoms with Gasteiger partial charge in [-0.2, -0.15) is 8.42 Å². The summed E-state index contributed by atoms with van der Waals surface area (Å²) >= 11 is 0. The molecule has 0 fully saturated rings. The summed E-state index contributed by atoms with van der Waals surface area (Å²) in [5.41, 5.74) is 3.24. The van der Waals surface area contributed by atoms with Crippen LogP contribution in [0.3, 0.4) is 0 Å². The summed E-state index contributed by atoms with van der Waals surface area (Å²) in [4.78, 5) is 23.0. The number of aliphatic hydroxyl groups excluding tert-OH is 1. The number of unbranched alkanes of at least 4 members (excludes halogenated alkanes) is 8. The number of hydrogen-bond donors (Lipinski definition) is 4. The van der Waals surface area contributed by atoms with Crippen molar-refractivity contribution < 1.29 is 37.0 Å². The Balaban J connectivity index is 4.10. The van der Waals surface area contributed by atoms with Crippen LogP contribution in [0.25, 0.3) is 0 Å². The summed E-state index contributed by atoms with van der Waals surface area (Å²) in [6.45, 7) is 1.10. The molecule has 10 heteroatoms. The van der Waals surface area contributed by atoms with E-state index >= 15 is 0 Å². The molecule has 0 bridgehead atoms. The molecule has 0 aliphatic rings. The first kappa shape index (κ1) is 27.9. The van der Waals surface area contributed by atoms with Crippen LogP contribution in [-0.4, -0.2) is 53.2 Å². The average molecular weight is 440 g/mol. The van der Waals surface area contributed by atoms with Crippen LogP contribution < -0.4 is 5.73 Å². The molecule has 0 heterocycles. The average Bonchev–Trinajstić information content (AvgIpc) is 2.64. The van der Waals surface area contributed by atoms with Crippen molar-refractivity contribution in [1.82, 2.24) is 0 Å². The predicted molar refractivity (Wildman–Crippen MR) is 109 cm³/mol. The maximum atomic E-state index is 11.7. The lowest BCUT2D eigenvalue weighted by Gasteiger charge is -2.30. The second-order valence-corrected chi connectivity index (χ2v) is 8.57. The third-order valence-corrected chi connectivity index (χ3v) is 5.43. The van der Waals surface area contributed by atoms with Crippen molar-refractivity contribution in [2.24, 2.45) is 5.73 Å². The highest BCUT2D eigenvalue weighted by molar-refractivity contribution is 7.80. The molecule has 0 radical (unpaired) electrons. The van der Waals surface area contributed by atoms with Crippen molar-refractivity contribution in [3.05, 3.63) is 0 Å². The lowest BCUT2D eigenvalue weighted by atomic mass is 9.90. The second-order valence-electron chi connectivity index (χ2n) is 7.53. The Morgan fingerprint density at radius 1 is 0.966 bits per heavy atom. The van der Waals surface area contributed by atoms with Gasteiger partial charge in [0.1, 0.15) is 11.9 Å². The molecule has 5 N–H and O–H groups in total. The van der Waals surface area contributed by atoms with Crippen LogP contribution in [0.15, 0.2) is 0 Å². The molecule has 0 aromatic carbocycles. The summed E-state index contributed by atoms with van der Waals surface area (Å²) in [5, 5.41) is 18.4. The number of nitrogens with two attached hydrogens (primary N) is 1. The van der Waals surface area contributed by atoms with Gasteiger partial charge in [0.15, 0.2) is 5.54 Å². The Labute approximate surface area is 174 Å². The first-order chi connectivity index (χ1) is 13.6. The van der Waals surface area contributed by atoms with Crippen LogP contribution in [0.1, 0.15) is 90.4 Å². The van der Waals surface area contributed by atoms with E-state index in [0.29, 0.717) is 31.5 Å². The molecule has 2 atom stereocenters. The van der Waals surface area contributed by atoms with Crippen molar-refractivity contribution in [2.45, 2.75) is 102 Å². The highest BCUT2D eigenvalue weighted by Gasteiger charge is 2.44. The van der Waals surface area contributed by atoms with Gasteiger partial charge in [0, 0.05) is 12.8 Å². The van der Waals surface area contributed by atoms with E-state index in [1.807, 2.05) is 0 Å². The van der Waals surface area contributed by atoms with E-state index in [1.54, 1.807) is 0 Å². The van der Waals surface area contributed by atoms with E-state index in [1.165, 1.54) is 6.42 Å². The van der Waals surface area contributed by atoms with Crippen molar-refractivity contribution in [3.63, 3.8) is 0 Å². The highest BCUT2D eigenvalue weighted by Crippen LogP contribution is 2.21. The van der Waals surface area contributed by atoms with Gasteiger partial charge in [0.2, 0.25) is 0 Å². The molecule has 0 saturated carbocycles. The molecule has 9 nitrogen and oxygen atoms in total. The monoisotopic (exact) mass is 439 g/mol. The lowest BCUT2D eigenvalue weighted by molar-refractivity contribution is -0.149. The fraction of sp³-hybridized carbons (Fsp3) is 0.895. The zero-order chi connectivity index (χ0) is 22.3. The van der Waals surface area contributed by atoms with Crippen molar-refractivity contribution in [2.75, 3.05) is 6.61 Å². The third-order valence-electron chi connectivity index (χ3n) is 4.95. The molecule has 172 valence electrons. The first-order valence-corrected chi connectivity index (χ1v) is 11.7. The normalized spacial score (nSPS) is 15.0. The van der Waals surface area contributed by atoms with Gasteiger partial charge in [-0.1, -0.05) is 58.3 Å². The number of aliphatic carboxylic acids is 1. The number of aliphatic hydroxyl groups is 1. The molecule has 0 aliphatic carbocycles. The smallest absolute Gasteiger partial charge is 0.397 e. The molecule has 0 spiro atoms. The summed E-state index contributed by atoms with van der Waals surface area (Å²) in [6, 6.07) is 0. The third kappa shape index (κ3) is 13.0. The van der Waals surface area contributed by atoms with Gasteiger partial charge >= 0.3 is 16.4 Å². The Hall–Kier alpha value is -1.07. The Morgan fingerprint density at radius 2 is 1.45 bits per heavy atom. The topological polar surface area (TPSA) is 164 Å². The molecule has 29 heavy (non-hydrogen) atoms. The molecule has 0 aromatic rings. The van der Waals surface area contributed by atoms with E-state index in [-0.39, 0.29) is 6.42 Å². The van der Waals surface area contributed by atoms with Gasteiger partial charge in [-0.3, -0.25) is 14.1 Å². The summed E-state index contributed by atoms with van der Waals surface area (Å²) in [5.74, 6) is -1.31. The zero-order valence-electron chi connectivity index (χ0n) is 17.3. The number of carbonyl (C=O) groups excluding carboxylic acids is 1. The quantitative estimate of drug-likeness (QED) is 0.175. The van der Waals surface area contributed by atoms with Crippen molar-refractivity contribution >= 4 is 22.2 Å². The second kappa shape index (κ2) is 14.8. The zero-order valence-corrected chi connectivity index (χ0v) is 18.2. The summed E-state index contributed by atoms with van der Waals surface area (Å²) in [7, 11) is -4.91. The number of carboxylic acids is 1. The van der Waals surface area contributed by atoms with Gasteiger partial charge in [-0.25, -0.2) is 4.18 Å². The fourth-order valence-electron chi connectivity index (χ4n) is 3.08. The largest absolute Gasteiger partial charge is 0.480 e. The SMILES string of the molecule is CCCCCCC(=O)CCCCCCCC[C@@H](OS(=O)(=O)O)C(N)(CO)C(=O)O. The van der Waals surface area contributed by atoms with Gasteiger partial charge in [0.05, 0.1) is 6.61 Å². The standard InChI is InChI=1S/C19H37NO8S/c1-2-3-4-9-12-16(22)13-10-7-5-6-8-11-14-17(28-29(25,26)27)19(20,15-21)18(23)24/h17,21H,2-15,20H2,1H3,(H,23,24)(H,25,26,27)/t17-,19?/m1/s1. The van der Waals surface area contributed by atoms with E-state index in [2.05, 4.69) is 11.1 Å². The molecular weight excluding hydrogens is 402 g/mol. The van der Waals surface area contributed by atoms with Crippen LogP contribution in [0.2, 0.25) is 0 Å². The molecule has 0 saturated heterocycles. The molecule has 0 rings (SSSR count). The number of carboxylic acid groups (broad SMARTS) is 1. The molecular formula is C19H37NO8S. The number of carbonyl (C=O) groups is 2. The van der Waals surface area contributed by atoms with E-state index in [0.717, 1.165) is 44.9 Å². The predicted octanol–water partition coefficient (Wildman–Crippen LogP) is 2.61. The fourth-order valence-corrected chi connectivity index (χ4v) is 3.64. The number of hydrogen-bond acceptors (Lipinski definition) is 7. The van der Waals surface area contributed by atoms with Crippen molar-refractivity contribution in [3.8, 4) is 0 Å². The van der Waals surface area contributed by atoms with Gasteiger partial charge in [0.25, 0.3) is 0 Å². The van der Waals surface area contributed by atoms with Crippen LogP contribution >= 0.6 is 0 Å². The highest BCUT2D eigenvalue weighted by atomic mass is 32.3. The lowest BCUT2D eigenvalue weighted by Crippen LogP contribution is -2.61. The Kier molecular flexibility index (Phi) is 14.3. The first-order valence-electron chi connectivity index (χ1n) is 10.4. The van der Waals surface area contributed by atoms with Crippen LogP contribution in [0.4, 0.5) is 0 Å². The molecule has 0 amide bonds. The number of Topliss-reactive ketones (excluding diaryl/α,β-unsaturated/α-hetero) is 1. The van der Waals surface area contributed by atoms with Gasteiger partial charge < -0.3 is 15.9 Å². The maximum Gasteiger partial charge on any atom is 0.397 e. The van der Waals surface area contributed by atoms with Crippen molar-refractivity contribution in [1.29, 1.82) is 0 Å².